The molecule has 0 aliphatic carbocycles. The Labute approximate surface area is 98.2 Å². The highest BCUT2D eigenvalue weighted by Gasteiger charge is 2.15. The number of rotatable bonds is 2. The van der Waals surface area contributed by atoms with Crippen LogP contribution in [0.15, 0.2) is 24.3 Å². The summed E-state index contributed by atoms with van der Waals surface area (Å²) in [4.78, 5) is 19.6. The van der Waals surface area contributed by atoms with Crippen LogP contribution in [0.2, 0.25) is 0 Å². The number of H-pyrrole nitrogens is 1. The van der Waals surface area contributed by atoms with Gasteiger partial charge < -0.3 is 4.98 Å². The molecule has 1 aromatic carbocycles. The van der Waals surface area contributed by atoms with Crippen LogP contribution in [0.4, 0.5) is 0 Å². The molecule has 0 radical (unpaired) electrons. The Morgan fingerprint density at radius 1 is 1.53 bits per heavy atom. The number of carbonyl (C=O) groups excluding carboxylic acids is 1. The minimum absolute atomic E-state index is 0.285. The van der Waals surface area contributed by atoms with Gasteiger partial charge in [-0.15, -0.1) is 0 Å². The van der Waals surface area contributed by atoms with E-state index in [0.29, 0.717) is 11.3 Å². The Balaban J connectivity index is 2.53. The van der Waals surface area contributed by atoms with Crippen molar-refractivity contribution in [3.63, 3.8) is 0 Å². The molecular formula is C12H11N3O2. The lowest BCUT2D eigenvalue weighted by atomic mass is 10.1. The lowest BCUT2D eigenvalue weighted by Gasteiger charge is -2.11. The molecule has 2 rings (SSSR count). The molecule has 1 heterocycles. The van der Waals surface area contributed by atoms with Crippen molar-refractivity contribution in [2.45, 2.75) is 0 Å². The number of amides is 1. The van der Waals surface area contributed by atoms with Crippen LogP contribution in [-0.2, 0) is 4.84 Å². The lowest BCUT2D eigenvalue weighted by Crippen LogP contribution is -2.25. The average molecular weight is 229 g/mol. The van der Waals surface area contributed by atoms with Crippen molar-refractivity contribution in [3.05, 3.63) is 35.5 Å². The van der Waals surface area contributed by atoms with Crippen molar-refractivity contribution in [3.8, 4) is 6.07 Å². The zero-order valence-corrected chi connectivity index (χ0v) is 9.52. The molecule has 1 N–H and O–H groups in total. The summed E-state index contributed by atoms with van der Waals surface area (Å²) in [5.41, 5.74) is 1.70. The summed E-state index contributed by atoms with van der Waals surface area (Å²) in [6.45, 7) is 0. The normalized spacial score (nSPS) is 10.2. The molecule has 0 unspecified atom stereocenters. The maximum absolute atomic E-state index is 11.8. The van der Waals surface area contributed by atoms with Gasteiger partial charge in [0, 0.05) is 18.0 Å². The molecule has 0 spiro atoms. The number of aromatic nitrogens is 1. The standard InChI is InChI=1S/C12H11N3O2/c1-15(17-2)12(16)11-6-9-8(7-13)4-3-5-10(9)14-11/h3-6,14H,1-2H3. The highest BCUT2D eigenvalue weighted by molar-refractivity contribution is 5.98. The number of hydrogen-bond donors (Lipinski definition) is 1. The van der Waals surface area contributed by atoms with E-state index in [-0.39, 0.29) is 5.91 Å². The van der Waals surface area contributed by atoms with Gasteiger partial charge in [-0.2, -0.15) is 5.26 Å². The van der Waals surface area contributed by atoms with Crippen LogP contribution in [0.1, 0.15) is 16.1 Å². The van der Waals surface area contributed by atoms with E-state index in [2.05, 4.69) is 11.1 Å². The van der Waals surface area contributed by atoms with Gasteiger partial charge in [0.2, 0.25) is 0 Å². The number of fused-ring (bicyclic) bond motifs is 1. The predicted octanol–water partition coefficient (Wildman–Crippen LogP) is 1.67. The first-order chi connectivity index (χ1) is 8.17. The summed E-state index contributed by atoms with van der Waals surface area (Å²) >= 11 is 0. The van der Waals surface area contributed by atoms with Gasteiger partial charge in [-0.3, -0.25) is 9.63 Å². The van der Waals surface area contributed by atoms with Gasteiger partial charge in [-0.05, 0) is 18.2 Å². The second-order valence-electron chi connectivity index (χ2n) is 3.55. The van der Waals surface area contributed by atoms with Gasteiger partial charge in [0.1, 0.15) is 5.69 Å². The molecule has 17 heavy (non-hydrogen) atoms. The highest BCUT2D eigenvalue weighted by atomic mass is 16.7. The largest absolute Gasteiger partial charge is 0.350 e. The smallest absolute Gasteiger partial charge is 0.293 e. The van der Waals surface area contributed by atoms with E-state index in [1.807, 2.05) is 6.07 Å². The molecule has 86 valence electrons. The summed E-state index contributed by atoms with van der Waals surface area (Å²) < 4.78 is 0. The summed E-state index contributed by atoms with van der Waals surface area (Å²) in [7, 11) is 2.94. The van der Waals surface area contributed by atoms with Crippen molar-refractivity contribution in [2.24, 2.45) is 0 Å². The van der Waals surface area contributed by atoms with E-state index in [9.17, 15) is 4.79 Å². The third-order valence-corrected chi connectivity index (χ3v) is 2.57. The highest BCUT2D eigenvalue weighted by Crippen LogP contribution is 2.20. The molecule has 0 saturated carbocycles. The Kier molecular flexibility index (Phi) is 2.81. The number of aromatic amines is 1. The lowest BCUT2D eigenvalue weighted by molar-refractivity contribution is -0.0759. The number of nitriles is 1. The van der Waals surface area contributed by atoms with Crippen LogP contribution in [0.25, 0.3) is 10.9 Å². The van der Waals surface area contributed by atoms with Gasteiger partial charge in [0.25, 0.3) is 5.91 Å². The Morgan fingerprint density at radius 2 is 2.29 bits per heavy atom. The van der Waals surface area contributed by atoms with Crippen molar-refractivity contribution in [1.82, 2.24) is 10.0 Å². The van der Waals surface area contributed by atoms with E-state index in [1.165, 1.54) is 14.2 Å². The summed E-state index contributed by atoms with van der Waals surface area (Å²) in [5.74, 6) is -0.285. The van der Waals surface area contributed by atoms with Crippen LogP contribution in [0, 0.1) is 11.3 Å². The molecule has 1 amide bonds. The van der Waals surface area contributed by atoms with E-state index in [4.69, 9.17) is 10.1 Å². The molecular weight excluding hydrogens is 218 g/mol. The molecule has 0 saturated heterocycles. The van der Waals surface area contributed by atoms with Gasteiger partial charge in [0.15, 0.2) is 0 Å². The van der Waals surface area contributed by atoms with Crippen LogP contribution >= 0.6 is 0 Å². The maximum atomic E-state index is 11.8. The van der Waals surface area contributed by atoms with E-state index in [1.54, 1.807) is 18.2 Å². The van der Waals surface area contributed by atoms with Crippen molar-refractivity contribution in [1.29, 1.82) is 5.26 Å². The number of hydrogen-bond acceptors (Lipinski definition) is 3. The molecule has 0 atom stereocenters. The fourth-order valence-electron chi connectivity index (χ4n) is 1.62. The zero-order chi connectivity index (χ0) is 12.4. The third kappa shape index (κ3) is 1.86. The van der Waals surface area contributed by atoms with Crippen molar-refractivity contribution >= 4 is 16.8 Å². The van der Waals surface area contributed by atoms with Gasteiger partial charge >= 0.3 is 0 Å². The molecule has 5 nitrogen and oxygen atoms in total. The summed E-state index contributed by atoms with van der Waals surface area (Å²) in [5, 5.41) is 10.8. The molecule has 5 heteroatoms. The molecule has 1 aromatic heterocycles. The number of hydroxylamine groups is 2. The predicted molar refractivity (Wildman–Crippen MR) is 62.1 cm³/mol. The second kappa shape index (κ2) is 4.28. The second-order valence-corrected chi connectivity index (χ2v) is 3.55. The SMILES string of the molecule is CON(C)C(=O)c1cc2c(C#N)cccc2[nH]1. The number of nitrogens with zero attached hydrogens (tertiary/aromatic N) is 2. The Bertz CT molecular complexity index is 610. The van der Waals surface area contributed by atoms with Gasteiger partial charge in [-0.25, -0.2) is 5.06 Å². The maximum Gasteiger partial charge on any atom is 0.293 e. The molecule has 0 bridgehead atoms. The number of carbonyl (C=O) groups is 1. The van der Waals surface area contributed by atoms with Crippen LogP contribution in [0.3, 0.4) is 0 Å². The Hall–Kier alpha value is -2.32. The zero-order valence-electron chi connectivity index (χ0n) is 9.52. The topological polar surface area (TPSA) is 69.1 Å². The van der Waals surface area contributed by atoms with Gasteiger partial charge in [-0.1, -0.05) is 6.07 Å². The van der Waals surface area contributed by atoms with Crippen LogP contribution < -0.4 is 0 Å². The van der Waals surface area contributed by atoms with Crippen LogP contribution in [-0.4, -0.2) is 30.1 Å². The Morgan fingerprint density at radius 3 is 2.94 bits per heavy atom. The minimum Gasteiger partial charge on any atom is -0.350 e. The molecule has 0 aliphatic heterocycles. The van der Waals surface area contributed by atoms with E-state index in [0.717, 1.165) is 16.0 Å². The molecule has 0 fully saturated rings. The fraction of sp³-hybridized carbons (Fsp3) is 0.167. The minimum atomic E-state index is -0.285. The van der Waals surface area contributed by atoms with E-state index < -0.39 is 0 Å². The van der Waals surface area contributed by atoms with Crippen molar-refractivity contribution in [2.75, 3.05) is 14.2 Å². The van der Waals surface area contributed by atoms with Gasteiger partial charge in [0.05, 0.1) is 18.7 Å². The molecule has 0 aliphatic rings. The quantitative estimate of drug-likeness (QED) is 0.796. The van der Waals surface area contributed by atoms with Crippen molar-refractivity contribution < 1.29 is 9.63 Å². The number of nitrogens with one attached hydrogen (secondary N) is 1. The van der Waals surface area contributed by atoms with E-state index >= 15 is 0 Å². The first-order valence-electron chi connectivity index (χ1n) is 5.01. The summed E-state index contributed by atoms with van der Waals surface area (Å²) in [6.07, 6.45) is 0. The number of benzene rings is 1. The first kappa shape index (κ1) is 11.2. The van der Waals surface area contributed by atoms with Crippen LogP contribution in [0.5, 0.6) is 0 Å². The first-order valence-corrected chi connectivity index (χ1v) is 5.01. The summed E-state index contributed by atoms with van der Waals surface area (Å²) in [6, 6.07) is 9.05. The molecule has 2 aromatic rings. The third-order valence-electron chi connectivity index (χ3n) is 2.57. The average Bonchev–Trinajstić information content (AvgIpc) is 2.80. The fourth-order valence-corrected chi connectivity index (χ4v) is 1.62. The monoisotopic (exact) mass is 229 g/mol.